The van der Waals surface area contributed by atoms with Crippen LogP contribution in [-0.4, -0.2) is 17.0 Å². The highest BCUT2D eigenvalue weighted by molar-refractivity contribution is 5.75. The number of hydrogen-bond acceptors (Lipinski definition) is 8. The number of nitrogens with one attached hydrogen (secondary N) is 1. The Morgan fingerprint density at radius 1 is 0.947 bits per heavy atom. The van der Waals surface area contributed by atoms with Gasteiger partial charge in [-0.25, -0.2) is 9.97 Å². The molecule has 1 aromatic rings. The third-order valence-corrected chi connectivity index (χ3v) is 2.44. The van der Waals surface area contributed by atoms with E-state index in [-0.39, 0.29) is 34.4 Å². The molecule has 19 heavy (non-hydrogen) atoms. The second kappa shape index (κ2) is 4.33. The fourth-order valence-electron chi connectivity index (χ4n) is 1.56. The van der Waals surface area contributed by atoms with Gasteiger partial charge in [0, 0.05) is 7.05 Å². The first-order chi connectivity index (χ1) is 9.15. The van der Waals surface area contributed by atoms with E-state index in [0.29, 0.717) is 0 Å². The van der Waals surface area contributed by atoms with Crippen molar-refractivity contribution in [1.82, 2.24) is 9.97 Å². The molecule has 1 N–H and O–H groups in total. The molecule has 8 heteroatoms. The molecule has 88 valence electrons. The molecule has 0 saturated heterocycles. The lowest BCUT2D eigenvalue weighted by Gasteiger charge is -2.25. The molecule has 0 unspecified atom stereocenters. The normalized spacial score (nSPS) is 12.4. The quantitative estimate of drug-likeness (QED) is 0.693. The van der Waals surface area contributed by atoms with Crippen molar-refractivity contribution in [2.75, 3.05) is 17.3 Å². The average molecular weight is 248 g/mol. The molecule has 0 atom stereocenters. The topological polar surface area (TPSA) is 136 Å². The number of hydrogen-bond donors (Lipinski definition) is 1. The minimum atomic E-state index is -0.139. The van der Waals surface area contributed by atoms with Gasteiger partial charge in [0.1, 0.15) is 24.3 Å². The van der Waals surface area contributed by atoms with Crippen LogP contribution in [0.1, 0.15) is 11.4 Å². The van der Waals surface area contributed by atoms with Gasteiger partial charge in [-0.15, -0.1) is 0 Å². The van der Waals surface area contributed by atoms with Crippen molar-refractivity contribution >= 4 is 11.6 Å². The molecule has 0 bridgehead atoms. The number of nitriles is 4. The summed E-state index contributed by atoms with van der Waals surface area (Å²) in [6.07, 6.45) is 0. The Morgan fingerprint density at radius 3 is 2.11 bits per heavy atom. The fourth-order valence-corrected chi connectivity index (χ4v) is 1.56. The van der Waals surface area contributed by atoms with Gasteiger partial charge in [0.2, 0.25) is 0 Å². The molecule has 8 nitrogen and oxygen atoms in total. The highest BCUT2D eigenvalue weighted by atomic mass is 15.3. The van der Waals surface area contributed by atoms with Crippen molar-refractivity contribution in [2.24, 2.45) is 0 Å². The molecule has 0 spiro atoms. The smallest absolute Gasteiger partial charge is 0.179 e. The lowest BCUT2D eigenvalue weighted by atomic mass is 10.2. The number of rotatable bonds is 0. The molecule has 1 aromatic heterocycles. The molecule has 1 aliphatic rings. The zero-order chi connectivity index (χ0) is 14.0. The predicted molar refractivity (Wildman–Crippen MR) is 61.7 cm³/mol. The summed E-state index contributed by atoms with van der Waals surface area (Å²) in [4.78, 5) is 9.25. The maximum Gasteiger partial charge on any atom is 0.179 e. The van der Waals surface area contributed by atoms with Gasteiger partial charge in [-0.2, -0.15) is 21.0 Å². The molecule has 1 aliphatic heterocycles. The molecule has 0 radical (unpaired) electrons. The van der Waals surface area contributed by atoms with Crippen LogP contribution in [0.3, 0.4) is 0 Å². The molecule has 2 rings (SSSR count). The van der Waals surface area contributed by atoms with Crippen LogP contribution in [-0.2, 0) is 0 Å². The first-order valence-corrected chi connectivity index (χ1v) is 4.93. The van der Waals surface area contributed by atoms with Crippen molar-refractivity contribution < 1.29 is 0 Å². The van der Waals surface area contributed by atoms with Crippen LogP contribution in [0.25, 0.3) is 0 Å². The van der Waals surface area contributed by atoms with Gasteiger partial charge < -0.3 is 10.2 Å². The molecular weight excluding hydrogens is 244 g/mol. The third kappa shape index (κ3) is 1.67. The van der Waals surface area contributed by atoms with E-state index in [0.717, 1.165) is 0 Å². The molecule has 2 heterocycles. The first-order valence-electron chi connectivity index (χ1n) is 4.93. The molecule has 0 saturated carbocycles. The second-order valence-corrected chi connectivity index (χ2v) is 3.45. The Balaban J connectivity index is 2.70. The van der Waals surface area contributed by atoms with Crippen molar-refractivity contribution in [2.45, 2.75) is 0 Å². The van der Waals surface area contributed by atoms with Crippen LogP contribution in [0.15, 0.2) is 11.4 Å². The lowest BCUT2D eigenvalue weighted by molar-refractivity contribution is 0.995. The fraction of sp³-hybridized carbons (Fsp3) is 0.0909. The largest absolute Gasteiger partial charge is 0.326 e. The number of fused-ring (bicyclic) bond motifs is 1. The Labute approximate surface area is 108 Å². The summed E-state index contributed by atoms with van der Waals surface area (Å²) in [6.45, 7) is 0. The van der Waals surface area contributed by atoms with Gasteiger partial charge in [-0.05, 0) is 0 Å². The SMILES string of the molecule is CN1C(C#N)=C(C#N)Nc2nc(C#N)c(C#N)nc21. The van der Waals surface area contributed by atoms with Gasteiger partial charge in [-0.1, -0.05) is 0 Å². The van der Waals surface area contributed by atoms with Crippen molar-refractivity contribution in [3.05, 3.63) is 22.8 Å². The highest BCUT2D eigenvalue weighted by Gasteiger charge is 2.26. The summed E-state index contributed by atoms with van der Waals surface area (Å²) in [5.74, 6) is 0.375. The summed E-state index contributed by atoms with van der Waals surface area (Å²) in [7, 11) is 1.53. The Kier molecular flexibility index (Phi) is 2.70. The van der Waals surface area contributed by atoms with Crippen LogP contribution in [0.5, 0.6) is 0 Å². The van der Waals surface area contributed by atoms with E-state index in [2.05, 4.69) is 15.3 Å². The third-order valence-electron chi connectivity index (χ3n) is 2.44. The first kappa shape index (κ1) is 11.9. The molecule has 0 amide bonds. The van der Waals surface area contributed by atoms with Gasteiger partial charge in [0.25, 0.3) is 0 Å². The molecular formula is C11H4N8. The highest BCUT2D eigenvalue weighted by Crippen LogP contribution is 2.31. The Bertz CT molecular complexity index is 762. The molecule has 0 aliphatic carbocycles. The maximum atomic E-state index is 9.01. The minimum absolute atomic E-state index is 0.0143. The van der Waals surface area contributed by atoms with Crippen molar-refractivity contribution in [3.8, 4) is 24.3 Å². The monoisotopic (exact) mass is 248 g/mol. The van der Waals surface area contributed by atoms with Crippen LogP contribution < -0.4 is 10.2 Å². The van der Waals surface area contributed by atoms with E-state index >= 15 is 0 Å². The van der Waals surface area contributed by atoms with E-state index in [1.165, 1.54) is 11.9 Å². The zero-order valence-corrected chi connectivity index (χ0v) is 9.63. The minimum Gasteiger partial charge on any atom is -0.326 e. The number of nitrogens with zero attached hydrogens (tertiary/aromatic N) is 7. The number of aromatic nitrogens is 2. The molecule has 0 fully saturated rings. The summed E-state index contributed by atoms with van der Waals surface area (Å²) >= 11 is 0. The van der Waals surface area contributed by atoms with E-state index in [1.807, 2.05) is 12.1 Å². The summed E-state index contributed by atoms with van der Waals surface area (Å²) in [5, 5.41) is 38.3. The van der Waals surface area contributed by atoms with Crippen LogP contribution >= 0.6 is 0 Å². The van der Waals surface area contributed by atoms with Gasteiger partial charge in [0.15, 0.2) is 34.4 Å². The van der Waals surface area contributed by atoms with Crippen molar-refractivity contribution in [3.63, 3.8) is 0 Å². The van der Waals surface area contributed by atoms with E-state index in [1.54, 1.807) is 12.1 Å². The van der Waals surface area contributed by atoms with Crippen LogP contribution in [0, 0.1) is 45.3 Å². The number of allylic oxidation sites excluding steroid dienone is 2. The van der Waals surface area contributed by atoms with E-state index < -0.39 is 0 Å². The van der Waals surface area contributed by atoms with Crippen LogP contribution in [0.2, 0.25) is 0 Å². The van der Waals surface area contributed by atoms with Gasteiger partial charge in [0.05, 0.1) is 0 Å². The lowest BCUT2D eigenvalue weighted by Crippen LogP contribution is -2.27. The summed E-state index contributed by atoms with van der Waals surface area (Å²) < 4.78 is 0. The maximum absolute atomic E-state index is 9.01. The summed E-state index contributed by atoms with van der Waals surface area (Å²) in [6, 6.07) is 7.21. The van der Waals surface area contributed by atoms with Gasteiger partial charge in [-0.3, -0.25) is 0 Å². The zero-order valence-electron chi connectivity index (χ0n) is 9.63. The van der Waals surface area contributed by atoms with Crippen molar-refractivity contribution in [1.29, 1.82) is 21.0 Å². The predicted octanol–water partition coefficient (Wildman–Crippen LogP) is 0.340. The van der Waals surface area contributed by atoms with E-state index in [9.17, 15) is 0 Å². The Morgan fingerprint density at radius 2 is 1.58 bits per heavy atom. The van der Waals surface area contributed by atoms with Gasteiger partial charge >= 0.3 is 0 Å². The molecule has 0 aromatic carbocycles. The Hall–Kier alpha value is -3.62. The van der Waals surface area contributed by atoms with E-state index in [4.69, 9.17) is 21.0 Å². The average Bonchev–Trinajstić information content (AvgIpc) is 2.45. The number of anilines is 2. The summed E-state index contributed by atoms with van der Waals surface area (Å²) in [5.41, 5.74) is -0.189. The standard InChI is InChI=1S/C11H4N8/c1-19-9(5-15)8(4-14)17-10-11(19)18-7(3-13)6(2-12)16-10/h1H3,(H,16,17). The second-order valence-electron chi connectivity index (χ2n) is 3.45. The van der Waals surface area contributed by atoms with Crippen LogP contribution in [0.4, 0.5) is 11.6 Å².